The van der Waals surface area contributed by atoms with Crippen molar-refractivity contribution in [2.45, 2.75) is 104 Å². The number of nitrogens with zero attached hydrogens (tertiary/aromatic N) is 1. The average molecular weight is 420 g/mol. The van der Waals surface area contributed by atoms with Crippen LogP contribution < -0.4 is 0 Å². The van der Waals surface area contributed by atoms with Crippen LogP contribution in [0.1, 0.15) is 47.0 Å². The topological polar surface area (TPSA) is 38.8 Å². The Balaban J connectivity index is 4.75. The van der Waals surface area contributed by atoms with E-state index in [9.17, 15) is 4.79 Å². The maximum Gasteiger partial charge on any atom is 0.388 e. The predicted molar refractivity (Wildman–Crippen MR) is 121 cm³/mol. The van der Waals surface area contributed by atoms with Crippen LogP contribution in [0.4, 0.5) is 4.79 Å². The minimum Gasteiger partial charge on any atom is -0.504 e. The molecule has 0 aromatic rings. The van der Waals surface area contributed by atoms with Gasteiger partial charge in [-0.1, -0.05) is 53.8 Å². The highest BCUT2D eigenvalue weighted by Crippen LogP contribution is 2.25. The van der Waals surface area contributed by atoms with Crippen LogP contribution in [0.15, 0.2) is 0 Å². The van der Waals surface area contributed by atoms with E-state index in [1.54, 1.807) is 0 Å². The van der Waals surface area contributed by atoms with Crippen molar-refractivity contribution in [3.05, 3.63) is 0 Å². The van der Waals surface area contributed by atoms with Crippen LogP contribution in [-0.2, 0) is 8.85 Å². The van der Waals surface area contributed by atoms with Crippen molar-refractivity contribution in [3.8, 4) is 0 Å². The molecule has 0 heterocycles. The molecule has 1 amide bonds. The van der Waals surface area contributed by atoms with Gasteiger partial charge in [0.1, 0.15) is 0 Å². The largest absolute Gasteiger partial charge is 0.504 e. The molecular formula is C19H45NO3Si3. The maximum atomic E-state index is 13.0. The lowest BCUT2D eigenvalue weighted by molar-refractivity contribution is 0.172. The summed E-state index contributed by atoms with van der Waals surface area (Å²) in [6, 6.07) is 4.21. The Bertz CT molecular complexity index is 399. The zero-order valence-electron chi connectivity index (χ0n) is 19.0. The second-order valence-electron chi connectivity index (χ2n) is 9.00. The van der Waals surface area contributed by atoms with E-state index in [-0.39, 0.29) is 6.09 Å². The number of carbonyl (C=O) groups excluding carboxylic acids is 1. The molecule has 0 N–H and O–H groups in total. The van der Waals surface area contributed by atoms with Crippen molar-refractivity contribution >= 4 is 31.0 Å². The number of rotatable bonds is 13. The molecule has 0 bridgehead atoms. The van der Waals surface area contributed by atoms with Crippen LogP contribution in [0.5, 0.6) is 0 Å². The molecule has 0 saturated heterocycles. The van der Waals surface area contributed by atoms with Gasteiger partial charge in [-0.3, -0.25) is 0 Å². The quantitative estimate of drug-likeness (QED) is 0.247. The number of carbonyl (C=O) groups is 1. The molecule has 4 nitrogen and oxygen atoms in total. The van der Waals surface area contributed by atoms with Gasteiger partial charge in [-0.25, -0.2) is 4.79 Å². The molecule has 0 aliphatic heterocycles. The minimum absolute atomic E-state index is 0.0416. The Morgan fingerprint density at radius 3 is 1.85 bits per heavy atom. The van der Waals surface area contributed by atoms with Gasteiger partial charge < -0.3 is 13.4 Å². The van der Waals surface area contributed by atoms with Crippen LogP contribution in [0.2, 0.25) is 56.9 Å². The zero-order valence-corrected chi connectivity index (χ0v) is 22.0. The van der Waals surface area contributed by atoms with E-state index in [0.717, 1.165) is 50.5 Å². The van der Waals surface area contributed by atoms with Gasteiger partial charge in [0.05, 0.1) is 0 Å². The van der Waals surface area contributed by atoms with Gasteiger partial charge in [-0.15, -0.1) is 0 Å². The van der Waals surface area contributed by atoms with Gasteiger partial charge in [0.2, 0.25) is 0 Å². The molecule has 156 valence electrons. The molecule has 0 aliphatic rings. The fraction of sp³-hybridized carbons (Fsp3) is 0.947. The lowest BCUT2D eigenvalue weighted by Crippen LogP contribution is -2.53. The van der Waals surface area contributed by atoms with E-state index in [4.69, 9.17) is 8.85 Å². The number of hydrogen-bond donors (Lipinski definition) is 0. The van der Waals surface area contributed by atoms with Gasteiger partial charge in [-0.2, -0.15) is 0 Å². The van der Waals surface area contributed by atoms with Gasteiger partial charge in [0.15, 0.2) is 16.6 Å². The third-order valence-corrected chi connectivity index (χ3v) is 14.4. The number of unbranched alkanes of at least 4 members (excludes halogenated alkanes) is 1. The molecule has 0 fully saturated rings. The zero-order chi connectivity index (χ0) is 20.4. The first-order valence-corrected chi connectivity index (χ1v) is 19.7. The van der Waals surface area contributed by atoms with Crippen LogP contribution in [0.3, 0.4) is 0 Å². The highest BCUT2D eigenvalue weighted by Gasteiger charge is 2.37. The minimum atomic E-state index is -1.90. The van der Waals surface area contributed by atoms with E-state index in [1.807, 2.05) is 0 Å². The summed E-state index contributed by atoms with van der Waals surface area (Å²) < 4.78 is 14.3. The molecule has 0 atom stereocenters. The molecule has 0 unspecified atom stereocenters. The summed E-state index contributed by atoms with van der Waals surface area (Å²) in [5.74, 6) is 0. The molecular weight excluding hydrogens is 374 g/mol. The molecule has 0 aliphatic carbocycles. The molecule has 0 spiro atoms. The van der Waals surface area contributed by atoms with Crippen LogP contribution in [0.25, 0.3) is 0 Å². The molecule has 0 rings (SSSR count). The van der Waals surface area contributed by atoms with Crippen molar-refractivity contribution in [1.82, 2.24) is 4.57 Å². The normalized spacial score (nSPS) is 13.0. The Morgan fingerprint density at radius 1 is 0.885 bits per heavy atom. The average Bonchev–Trinajstić information content (AvgIpc) is 2.56. The Kier molecular flexibility index (Phi) is 11.6. The summed E-state index contributed by atoms with van der Waals surface area (Å²) in [5.41, 5.74) is 0. The summed E-state index contributed by atoms with van der Waals surface area (Å²) in [7, 11) is -5.18. The van der Waals surface area contributed by atoms with Crippen molar-refractivity contribution in [2.75, 3.05) is 13.2 Å². The first-order chi connectivity index (χ1) is 12.0. The van der Waals surface area contributed by atoms with Gasteiger partial charge >= 0.3 is 6.09 Å². The van der Waals surface area contributed by atoms with E-state index in [0.29, 0.717) is 0 Å². The van der Waals surface area contributed by atoms with E-state index < -0.39 is 24.9 Å². The van der Waals surface area contributed by atoms with Crippen LogP contribution in [-0.4, -0.2) is 48.7 Å². The van der Waals surface area contributed by atoms with Crippen LogP contribution >= 0.6 is 0 Å². The SMILES string of the molecule is CCCO[Si](C)(C)CCCCN(C(=O)O[Si](CC)(CC)CC)[Si](C)(C)C. The second-order valence-corrected chi connectivity index (χ2v) is 22.9. The second kappa shape index (κ2) is 11.7. The highest BCUT2D eigenvalue weighted by molar-refractivity contribution is 6.77. The van der Waals surface area contributed by atoms with Crippen molar-refractivity contribution < 1.29 is 13.6 Å². The Morgan fingerprint density at radius 2 is 1.42 bits per heavy atom. The predicted octanol–water partition coefficient (Wildman–Crippen LogP) is 6.68. The van der Waals surface area contributed by atoms with Gasteiger partial charge in [-0.05, 0) is 50.1 Å². The standard InChI is InChI=1S/C19H45NO3Si3/c1-10-17-22-25(8,9)18-15-14-16-20(24(5,6)7)19(21)23-26(11-2,12-3)13-4/h10-18H2,1-9H3. The highest BCUT2D eigenvalue weighted by atomic mass is 28.4. The Labute approximate surface area is 166 Å². The van der Waals surface area contributed by atoms with E-state index in [2.05, 4.69) is 65.0 Å². The van der Waals surface area contributed by atoms with Gasteiger partial charge in [0.25, 0.3) is 8.32 Å². The van der Waals surface area contributed by atoms with E-state index in [1.165, 1.54) is 6.04 Å². The summed E-state index contributed by atoms with van der Waals surface area (Å²) >= 11 is 0. The smallest absolute Gasteiger partial charge is 0.388 e. The van der Waals surface area contributed by atoms with E-state index >= 15 is 0 Å². The molecule has 0 radical (unpaired) electrons. The lowest BCUT2D eigenvalue weighted by atomic mass is 10.3. The van der Waals surface area contributed by atoms with Crippen molar-refractivity contribution in [2.24, 2.45) is 0 Å². The fourth-order valence-corrected chi connectivity index (χ4v) is 9.11. The van der Waals surface area contributed by atoms with Crippen LogP contribution in [0, 0.1) is 0 Å². The maximum absolute atomic E-state index is 13.0. The fourth-order valence-electron chi connectivity index (χ4n) is 3.18. The molecule has 0 saturated carbocycles. The number of hydrogen-bond acceptors (Lipinski definition) is 3. The summed E-state index contributed by atoms with van der Waals surface area (Å²) in [4.78, 5) is 13.0. The first kappa shape index (κ1) is 25.9. The summed E-state index contributed by atoms with van der Waals surface area (Å²) in [6.45, 7) is 21.7. The summed E-state index contributed by atoms with van der Waals surface area (Å²) in [5, 5.41) is 0. The molecule has 26 heavy (non-hydrogen) atoms. The van der Waals surface area contributed by atoms with Crippen molar-refractivity contribution in [1.29, 1.82) is 0 Å². The molecule has 0 aromatic carbocycles. The van der Waals surface area contributed by atoms with Crippen molar-refractivity contribution in [3.63, 3.8) is 0 Å². The van der Waals surface area contributed by atoms with Gasteiger partial charge in [0, 0.05) is 13.2 Å². The molecule has 7 heteroatoms. The third kappa shape index (κ3) is 9.19. The number of amides is 1. The first-order valence-electron chi connectivity index (χ1n) is 10.6. The monoisotopic (exact) mass is 419 g/mol. The third-order valence-electron chi connectivity index (χ3n) is 5.37. The lowest BCUT2D eigenvalue weighted by Gasteiger charge is -2.38. The Hall–Kier alpha value is -0.119. The molecule has 0 aromatic heterocycles. The summed E-state index contributed by atoms with van der Waals surface area (Å²) in [6.07, 6.45) is 3.23.